The molecule has 0 aliphatic carbocycles. The number of nitrogens with zero attached hydrogens (tertiary/aromatic N) is 1. The Morgan fingerprint density at radius 2 is 1.85 bits per heavy atom. The van der Waals surface area contributed by atoms with Gasteiger partial charge in [-0.25, -0.2) is 0 Å². The predicted molar refractivity (Wildman–Crippen MR) is 83.5 cm³/mol. The maximum absolute atomic E-state index is 12.3. The van der Waals surface area contributed by atoms with Crippen LogP contribution in [0.1, 0.15) is 36.4 Å². The summed E-state index contributed by atoms with van der Waals surface area (Å²) in [6.07, 6.45) is 3.07. The van der Waals surface area contributed by atoms with Crippen LogP contribution in [0.3, 0.4) is 0 Å². The van der Waals surface area contributed by atoms with Gasteiger partial charge in [0.1, 0.15) is 6.04 Å². The van der Waals surface area contributed by atoms with E-state index in [1.54, 1.807) is 0 Å². The van der Waals surface area contributed by atoms with Gasteiger partial charge in [0, 0.05) is 6.54 Å². The van der Waals surface area contributed by atoms with E-state index < -0.39 is 0 Å². The van der Waals surface area contributed by atoms with Gasteiger partial charge in [0.15, 0.2) is 0 Å². The molecule has 1 amide bonds. The lowest BCUT2D eigenvalue weighted by Gasteiger charge is -2.24. The molecule has 1 aromatic rings. The van der Waals surface area contributed by atoms with E-state index in [0.29, 0.717) is 0 Å². The number of amides is 1. The lowest BCUT2D eigenvalue weighted by Crippen LogP contribution is -2.37. The molecule has 20 heavy (non-hydrogen) atoms. The number of hydrogen-bond acceptors (Lipinski definition) is 3. The van der Waals surface area contributed by atoms with Gasteiger partial charge in [-0.3, -0.25) is 9.69 Å². The van der Waals surface area contributed by atoms with Gasteiger partial charge in [-0.2, -0.15) is 0 Å². The van der Waals surface area contributed by atoms with Gasteiger partial charge in [-0.1, -0.05) is 36.2 Å². The van der Waals surface area contributed by atoms with Gasteiger partial charge >= 0.3 is 0 Å². The number of carbonyl (C=O) groups is 1. The Labute approximate surface area is 122 Å². The van der Waals surface area contributed by atoms with Gasteiger partial charge in [0.2, 0.25) is 5.91 Å². The quantitative estimate of drug-likeness (QED) is 0.713. The maximum Gasteiger partial charge on any atom is 0.241 e. The first kappa shape index (κ1) is 16.7. The maximum atomic E-state index is 12.3. The Hall–Kier alpha value is -1.39. The Kier molecular flexibility index (Phi) is 7.26. The number of unbranched alkanes of at least 4 members (excludes halogenated alkanes) is 2. The second-order valence-corrected chi connectivity index (χ2v) is 5.42. The summed E-state index contributed by atoms with van der Waals surface area (Å²) in [7, 11) is 3.86. The zero-order valence-electron chi connectivity index (χ0n) is 12.9. The minimum Gasteiger partial charge on any atom is -0.354 e. The Morgan fingerprint density at radius 3 is 2.40 bits per heavy atom. The van der Waals surface area contributed by atoms with Gasteiger partial charge in [-0.05, 0) is 46.0 Å². The highest BCUT2D eigenvalue weighted by molar-refractivity contribution is 5.83. The number of likely N-dealkylation sites (N-methyl/N-ethyl adjacent to an activating group) is 1. The Morgan fingerprint density at radius 1 is 1.20 bits per heavy atom. The summed E-state index contributed by atoms with van der Waals surface area (Å²) in [5, 5.41) is 3.01. The van der Waals surface area contributed by atoms with Crippen LogP contribution >= 0.6 is 0 Å². The Balaban J connectivity index is 2.57. The molecule has 1 atom stereocenters. The lowest BCUT2D eigenvalue weighted by atomic mass is 10.0. The topological polar surface area (TPSA) is 58.4 Å². The van der Waals surface area contributed by atoms with Crippen molar-refractivity contribution in [2.45, 2.75) is 32.2 Å². The van der Waals surface area contributed by atoms with Crippen LogP contribution in [0.2, 0.25) is 0 Å². The summed E-state index contributed by atoms with van der Waals surface area (Å²) in [5.74, 6) is 0.0617. The molecule has 112 valence electrons. The molecule has 0 bridgehead atoms. The van der Waals surface area contributed by atoms with Crippen LogP contribution in [-0.4, -0.2) is 38.0 Å². The van der Waals surface area contributed by atoms with E-state index in [-0.39, 0.29) is 11.9 Å². The summed E-state index contributed by atoms with van der Waals surface area (Å²) in [5.41, 5.74) is 7.68. The van der Waals surface area contributed by atoms with Crippen LogP contribution in [0, 0.1) is 6.92 Å². The number of nitrogens with one attached hydrogen (secondary N) is 1. The molecule has 4 heteroatoms. The van der Waals surface area contributed by atoms with Crippen molar-refractivity contribution >= 4 is 5.91 Å². The second-order valence-electron chi connectivity index (χ2n) is 5.42. The first-order valence-corrected chi connectivity index (χ1v) is 7.27. The molecular formula is C16H27N3O. The summed E-state index contributed by atoms with van der Waals surface area (Å²) in [6, 6.07) is 7.90. The van der Waals surface area contributed by atoms with Crippen LogP contribution in [0.15, 0.2) is 24.3 Å². The van der Waals surface area contributed by atoms with Gasteiger partial charge in [0.05, 0.1) is 0 Å². The highest BCUT2D eigenvalue weighted by Gasteiger charge is 2.22. The molecule has 4 nitrogen and oxygen atoms in total. The summed E-state index contributed by atoms with van der Waals surface area (Å²) < 4.78 is 0. The van der Waals surface area contributed by atoms with Crippen molar-refractivity contribution in [1.29, 1.82) is 0 Å². The molecule has 0 saturated heterocycles. The van der Waals surface area contributed by atoms with Crippen LogP contribution in [0.4, 0.5) is 0 Å². The zero-order chi connectivity index (χ0) is 15.0. The van der Waals surface area contributed by atoms with Crippen molar-refractivity contribution in [3.05, 3.63) is 35.4 Å². The van der Waals surface area contributed by atoms with Crippen LogP contribution in [0.5, 0.6) is 0 Å². The molecule has 1 aromatic carbocycles. The van der Waals surface area contributed by atoms with E-state index in [2.05, 4.69) is 5.32 Å². The summed E-state index contributed by atoms with van der Waals surface area (Å²) in [4.78, 5) is 14.3. The van der Waals surface area contributed by atoms with Crippen LogP contribution < -0.4 is 11.1 Å². The van der Waals surface area contributed by atoms with E-state index in [0.717, 1.165) is 37.9 Å². The van der Waals surface area contributed by atoms with Gasteiger partial charge < -0.3 is 11.1 Å². The monoisotopic (exact) mass is 277 g/mol. The van der Waals surface area contributed by atoms with E-state index in [4.69, 9.17) is 5.73 Å². The fourth-order valence-electron chi connectivity index (χ4n) is 2.19. The van der Waals surface area contributed by atoms with Crippen molar-refractivity contribution in [3.8, 4) is 0 Å². The summed E-state index contributed by atoms with van der Waals surface area (Å²) >= 11 is 0. The average molecular weight is 277 g/mol. The molecule has 3 N–H and O–H groups in total. The first-order valence-electron chi connectivity index (χ1n) is 7.27. The first-order chi connectivity index (χ1) is 9.56. The Bertz CT molecular complexity index is 401. The van der Waals surface area contributed by atoms with Crippen molar-refractivity contribution in [2.24, 2.45) is 5.73 Å². The van der Waals surface area contributed by atoms with Gasteiger partial charge in [-0.15, -0.1) is 0 Å². The molecule has 0 radical (unpaired) electrons. The molecule has 0 spiro atoms. The fraction of sp³-hybridized carbons (Fsp3) is 0.562. The number of nitrogens with two attached hydrogens (primary N) is 1. The molecule has 0 saturated carbocycles. The van der Waals surface area contributed by atoms with Crippen molar-refractivity contribution in [1.82, 2.24) is 10.2 Å². The van der Waals surface area contributed by atoms with E-state index >= 15 is 0 Å². The smallest absolute Gasteiger partial charge is 0.241 e. The van der Waals surface area contributed by atoms with Crippen molar-refractivity contribution in [3.63, 3.8) is 0 Å². The molecule has 1 rings (SSSR count). The number of carbonyl (C=O) groups excluding carboxylic acids is 1. The molecule has 0 aliphatic rings. The van der Waals surface area contributed by atoms with Crippen LogP contribution in [0.25, 0.3) is 0 Å². The number of rotatable bonds is 8. The lowest BCUT2D eigenvalue weighted by molar-refractivity contribution is -0.125. The minimum atomic E-state index is -0.231. The molecule has 0 heterocycles. The highest BCUT2D eigenvalue weighted by atomic mass is 16.2. The minimum absolute atomic E-state index is 0.0617. The largest absolute Gasteiger partial charge is 0.354 e. The zero-order valence-corrected chi connectivity index (χ0v) is 12.9. The number of aryl methyl sites for hydroxylation is 1. The predicted octanol–water partition coefficient (Wildman–Crippen LogP) is 1.84. The van der Waals surface area contributed by atoms with Crippen LogP contribution in [-0.2, 0) is 4.79 Å². The third-order valence-electron chi connectivity index (χ3n) is 3.34. The third-order valence-corrected chi connectivity index (χ3v) is 3.34. The molecular weight excluding hydrogens is 250 g/mol. The van der Waals surface area contributed by atoms with E-state index in [9.17, 15) is 4.79 Å². The molecule has 0 fully saturated rings. The normalized spacial score (nSPS) is 12.4. The summed E-state index contributed by atoms with van der Waals surface area (Å²) in [6.45, 7) is 3.48. The van der Waals surface area contributed by atoms with Gasteiger partial charge in [0.25, 0.3) is 0 Å². The fourth-order valence-corrected chi connectivity index (χ4v) is 2.19. The van der Waals surface area contributed by atoms with E-state index in [1.807, 2.05) is 50.2 Å². The SMILES string of the molecule is Cc1ccc([C@H](C(=O)NCCCCCN)N(C)C)cc1. The standard InChI is InChI=1S/C16H27N3O/c1-13-7-9-14(10-8-13)15(19(2)3)16(20)18-12-6-4-5-11-17/h7-10,15H,4-6,11-12,17H2,1-3H3,(H,18,20)/t15-/m1/s1. The average Bonchev–Trinajstić information content (AvgIpc) is 2.40. The van der Waals surface area contributed by atoms with Crippen molar-refractivity contribution in [2.75, 3.05) is 27.2 Å². The van der Waals surface area contributed by atoms with Crippen molar-refractivity contribution < 1.29 is 4.79 Å². The molecule has 0 unspecified atom stereocenters. The highest BCUT2D eigenvalue weighted by Crippen LogP contribution is 2.18. The number of hydrogen-bond donors (Lipinski definition) is 2. The molecule has 0 aromatic heterocycles. The second kappa shape index (κ2) is 8.72. The third kappa shape index (κ3) is 5.31. The van der Waals surface area contributed by atoms with E-state index in [1.165, 1.54) is 5.56 Å². The number of benzene rings is 1. The molecule has 0 aliphatic heterocycles.